The zero-order valence-corrected chi connectivity index (χ0v) is 9.40. The van der Waals surface area contributed by atoms with E-state index in [2.05, 4.69) is 49.5 Å². The van der Waals surface area contributed by atoms with E-state index in [1.54, 1.807) is 0 Å². The van der Waals surface area contributed by atoms with Gasteiger partial charge in [-0.2, -0.15) is 5.26 Å². The van der Waals surface area contributed by atoms with Crippen molar-refractivity contribution in [2.75, 3.05) is 6.54 Å². The van der Waals surface area contributed by atoms with Crippen LogP contribution in [0.3, 0.4) is 0 Å². The number of nitrogens with zero attached hydrogens (tertiary/aromatic N) is 1. The molecule has 15 heavy (non-hydrogen) atoms. The van der Waals surface area contributed by atoms with Crippen molar-refractivity contribution in [1.29, 1.82) is 5.26 Å². The summed E-state index contributed by atoms with van der Waals surface area (Å²) in [7, 11) is 0. The Balaban J connectivity index is 2.63. The molecule has 0 saturated carbocycles. The Morgan fingerprint density at radius 2 is 1.93 bits per heavy atom. The summed E-state index contributed by atoms with van der Waals surface area (Å²) in [5.41, 5.74) is 1.30. The van der Waals surface area contributed by atoms with Gasteiger partial charge in [0.2, 0.25) is 0 Å². The van der Waals surface area contributed by atoms with E-state index in [0.29, 0.717) is 18.4 Å². The topological polar surface area (TPSA) is 35.8 Å². The molecule has 0 aliphatic rings. The summed E-state index contributed by atoms with van der Waals surface area (Å²) in [4.78, 5) is 0. The van der Waals surface area contributed by atoms with Gasteiger partial charge in [-0.05, 0) is 11.5 Å². The van der Waals surface area contributed by atoms with E-state index in [4.69, 9.17) is 5.26 Å². The number of rotatable bonds is 5. The van der Waals surface area contributed by atoms with E-state index in [1.165, 1.54) is 5.56 Å². The van der Waals surface area contributed by atoms with E-state index in [9.17, 15) is 0 Å². The molecule has 1 aromatic carbocycles. The second-order valence-corrected chi connectivity index (χ2v) is 3.99. The highest BCUT2D eigenvalue weighted by molar-refractivity contribution is 5.19. The molecule has 1 atom stereocenters. The molecule has 0 aromatic heterocycles. The summed E-state index contributed by atoms with van der Waals surface area (Å²) in [6, 6.07) is 12.9. The van der Waals surface area contributed by atoms with Gasteiger partial charge in [-0.3, -0.25) is 0 Å². The maximum absolute atomic E-state index is 8.50. The first-order valence-corrected chi connectivity index (χ1v) is 5.41. The second-order valence-electron chi connectivity index (χ2n) is 3.99. The summed E-state index contributed by atoms with van der Waals surface area (Å²) in [5, 5.41) is 11.9. The van der Waals surface area contributed by atoms with E-state index < -0.39 is 0 Å². The Morgan fingerprint density at radius 3 is 2.47 bits per heavy atom. The van der Waals surface area contributed by atoms with Crippen LogP contribution in [0.25, 0.3) is 0 Å². The molecule has 1 unspecified atom stereocenters. The van der Waals surface area contributed by atoms with E-state index in [-0.39, 0.29) is 0 Å². The van der Waals surface area contributed by atoms with Gasteiger partial charge in [-0.1, -0.05) is 44.2 Å². The van der Waals surface area contributed by atoms with Crippen LogP contribution in [0.5, 0.6) is 0 Å². The van der Waals surface area contributed by atoms with Crippen molar-refractivity contribution < 1.29 is 0 Å². The molecule has 0 heterocycles. The fourth-order valence-corrected chi connectivity index (χ4v) is 1.68. The Bertz CT molecular complexity index is 311. The van der Waals surface area contributed by atoms with Gasteiger partial charge in [0.25, 0.3) is 0 Å². The molecule has 0 fully saturated rings. The van der Waals surface area contributed by atoms with Crippen LogP contribution >= 0.6 is 0 Å². The van der Waals surface area contributed by atoms with Crippen molar-refractivity contribution in [1.82, 2.24) is 5.32 Å². The highest BCUT2D eigenvalue weighted by Gasteiger charge is 2.13. The van der Waals surface area contributed by atoms with Crippen LogP contribution in [0.15, 0.2) is 30.3 Å². The highest BCUT2D eigenvalue weighted by Crippen LogP contribution is 2.20. The maximum atomic E-state index is 8.50. The number of nitriles is 1. The predicted molar refractivity (Wildman–Crippen MR) is 62.3 cm³/mol. The summed E-state index contributed by atoms with van der Waals surface area (Å²) < 4.78 is 0. The minimum absolute atomic E-state index is 0.347. The normalized spacial score (nSPS) is 12.4. The molecule has 0 aliphatic heterocycles. The molecule has 1 rings (SSSR count). The lowest BCUT2D eigenvalue weighted by atomic mass is 9.96. The first-order valence-electron chi connectivity index (χ1n) is 5.41. The van der Waals surface area contributed by atoms with Gasteiger partial charge in [-0.15, -0.1) is 0 Å². The van der Waals surface area contributed by atoms with Crippen molar-refractivity contribution in [2.45, 2.75) is 26.3 Å². The summed E-state index contributed by atoms with van der Waals surface area (Å²) in [6.45, 7) is 5.14. The first kappa shape index (κ1) is 11.7. The zero-order chi connectivity index (χ0) is 11.1. The Labute approximate surface area is 91.9 Å². The lowest BCUT2D eigenvalue weighted by Gasteiger charge is -2.22. The lowest BCUT2D eigenvalue weighted by Crippen LogP contribution is -2.26. The Hall–Kier alpha value is -1.33. The smallest absolute Gasteiger partial charge is 0.0635 e. The van der Waals surface area contributed by atoms with Crippen LogP contribution in [0.2, 0.25) is 0 Å². The van der Waals surface area contributed by atoms with Crippen LogP contribution < -0.4 is 5.32 Å². The highest BCUT2D eigenvalue weighted by atomic mass is 14.9. The lowest BCUT2D eigenvalue weighted by molar-refractivity contribution is 0.416. The number of hydrogen-bond acceptors (Lipinski definition) is 2. The third-order valence-corrected chi connectivity index (χ3v) is 2.43. The third kappa shape index (κ3) is 3.73. The fraction of sp³-hybridized carbons (Fsp3) is 0.462. The van der Waals surface area contributed by atoms with Gasteiger partial charge in [0.05, 0.1) is 6.07 Å². The van der Waals surface area contributed by atoms with Gasteiger partial charge < -0.3 is 5.32 Å². The number of benzene rings is 1. The summed E-state index contributed by atoms with van der Waals surface area (Å²) >= 11 is 0. The van der Waals surface area contributed by atoms with Gasteiger partial charge in [0.15, 0.2) is 0 Å². The number of hydrogen-bond donors (Lipinski definition) is 1. The molecular weight excluding hydrogens is 184 g/mol. The van der Waals surface area contributed by atoms with Crippen molar-refractivity contribution in [3.8, 4) is 6.07 Å². The van der Waals surface area contributed by atoms with Crippen LogP contribution in [0.4, 0.5) is 0 Å². The molecular formula is C13H18N2. The average Bonchev–Trinajstić information content (AvgIpc) is 2.25. The fourth-order valence-electron chi connectivity index (χ4n) is 1.68. The monoisotopic (exact) mass is 202 g/mol. The van der Waals surface area contributed by atoms with Crippen molar-refractivity contribution in [2.24, 2.45) is 5.92 Å². The van der Waals surface area contributed by atoms with Crippen molar-refractivity contribution in [3.63, 3.8) is 0 Å². The number of nitrogens with one attached hydrogen (secondary N) is 1. The minimum atomic E-state index is 0.347. The largest absolute Gasteiger partial charge is 0.309 e. The molecule has 0 amide bonds. The summed E-state index contributed by atoms with van der Waals surface area (Å²) in [6.07, 6.45) is 0.566. The Kier molecular flexibility index (Phi) is 4.86. The van der Waals surface area contributed by atoms with E-state index in [1.807, 2.05) is 6.07 Å². The second kappa shape index (κ2) is 6.21. The van der Waals surface area contributed by atoms with E-state index >= 15 is 0 Å². The SMILES string of the molecule is CC(C)C(NCCC#N)c1ccccc1. The summed E-state index contributed by atoms with van der Waals surface area (Å²) in [5.74, 6) is 0.533. The standard InChI is InChI=1S/C13H18N2/c1-11(2)13(15-10-6-9-14)12-7-4-3-5-8-12/h3-5,7-8,11,13,15H,6,10H2,1-2H3. The molecule has 2 heteroatoms. The van der Waals surface area contributed by atoms with Crippen molar-refractivity contribution in [3.05, 3.63) is 35.9 Å². The van der Waals surface area contributed by atoms with Gasteiger partial charge in [-0.25, -0.2) is 0 Å². The first-order chi connectivity index (χ1) is 7.25. The Morgan fingerprint density at radius 1 is 1.27 bits per heavy atom. The third-order valence-electron chi connectivity index (χ3n) is 2.43. The van der Waals surface area contributed by atoms with Crippen LogP contribution in [-0.2, 0) is 0 Å². The molecule has 0 spiro atoms. The zero-order valence-electron chi connectivity index (χ0n) is 9.40. The molecule has 0 radical (unpaired) electrons. The van der Waals surface area contributed by atoms with Crippen LogP contribution in [0.1, 0.15) is 31.9 Å². The molecule has 2 nitrogen and oxygen atoms in total. The van der Waals surface area contributed by atoms with Crippen LogP contribution in [-0.4, -0.2) is 6.54 Å². The quantitative estimate of drug-likeness (QED) is 0.745. The van der Waals surface area contributed by atoms with Gasteiger partial charge in [0.1, 0.15) is 0 Å². The van der Waals surface area contributed by atoms with Crippen molar-refractivity contribution >= 4 is 0 Å². The maximum Gasteiger partial charge on any atom is 0.0635 e. The molecule has 80 valence electrons. The average molecular weight is 202 g/mol. The molecule has 0 aliphatic carbocycles. The molecule has 1 aromatic rings. The van der Waals surface area contributed by atoms with Gasteiger partial charge >= 0.3 is 0 Å². The molecule has 0 bridgehead atoms. The van der Waals surface area contributed by atoms with E-state index in [0.717, 1.165) is 6.54 Å². The predicted octanol–water partition coefficient (Wildman–Crippen LogP) is 2.89. The van der Waals surface area contributed by atoms with Gasteiger partial charge in [0, 0.05) is 19.0 Å². The minimum Gasteiger partial charge on any atom is -0.309 e. The van der Waals surface area contributed by atoms with Crippen LogP contribution in [0, 0.1) is 17.2 Å². The molecule has 1 N–H and O–H groups in total. The molecule has 0 saturated heterocycles.